The molecule has 0 saturated heterocycles. The molecule has 0 radical (unpaired) electrons. The van der Waals surface area contributed by atoms with Crippen LogP contribution >= 0.6 is 12.6 Å². The van der Waals surface area contributed by atoms with Crippen molar-refractivity contribution in [3.05, 3.63) is 64.2 Å². The van der Waals surface area contributed by atoms with Gasteiger partial charge in [-0.25, -0.2) is 9.59 Å². The average molecular weight is 525 g/mol. The number of aliphatic imine (C=N–C) groups is 1. The molecule has 2 amide bonds. The molecule has 0 unspecified atom stereocenters. The molecular formula is C24H28N8O4S. The van der Waals surface area contributed by atoms with E-state index in [0.717, 1.165) is 11.1 Å². The predicted molar refractivity (Wildman–Crippen MR) is 145 cm³/mol. The third-order valence-electron chi connectivity index (χ3n) is 5.51. The average Bonchev–Trinajstić information content (AvgIpc) is 2.86. The van der Waals surface area contributed by atoms with E-state index in [-0.39, 0.29) is 44.0 Å². The van der Waals surface area contributed by atoms with Crippen LogP contribution in [0.25, 0.3) is 0 Å². The number of hydrogen-bond donors (Lipinski definition) is 6. The molecular weight excluding hydrogens is 496 g/mol. The number of urea groups is 1. The molecule has 4 rings (SSSR count). The Morgan fingerprint density at radius 2 is 2.05 bits per heavy atom. The zero-order valence-corrected chi connectivity index (χ0v) is 21.0. The number of aryl methyl sites for hydroxylation is 1. The van der Waals surface area contributed by atoms with Crippen molar-refractivity contribution in [1.82, 2.24) is 14.9 Å². The van der Waals surface area contributed by atoms with Crippen molar-refractivity contribution in [3.63, 3.8) is 0 Å². The summed E-state index contributed by atoms with van der Waals surface area (Å²) in [6.45, 7) is 2.91. The number of carbonyl (C=O) groups excluding carboxylic acids is 1. The number of hydrogen-bond acceptors (Lipinski definition) is 8. The topological polar surface area (TPSA) is 171 Å². The van der Waals surface area contributed by atoms with Gasteiger partial charge in [0.15, 0.2) is 23.3 Å². The van der Waals surface area contributed by atoms with Crippen LogP contribution in [0, 0.1) is 6.92 Å². The zero-order valence-electron chi connectivity index (χ0n) is 20.2. The molecule has 13 heteroatoms. The summed E-state index contributed by atoms with van der Waals surface area (Å²) >= 11 is 4.34. The van der Waals surface area contributed by atoms with Gasteiger partial charge in [-0.2, -0.15) is 17.6 Å². The Morgan fingerprint density at radius 3 is 2.84 bits per heavy atom. The third kappa shape index (κ3) is 6.25. The minimum absolute atomic E-state index is 0.0527. The predicted octanol–water partition coefficient (Wildman–Crippen LogP) is 2.30. The van der Waals surface area contributed by atoms with E-state index in [0.29, 0.717) is 34.4 Å². The van der Waals surface area contributed by atoms with Crippen LogP contribution in [0.1, 0.15) is 11.1 Å². The molecule has 37 heavy (non-hydrogen) atoms. The number of aromatic nitrogens is 2. The molecule has 3 aromatic rings. The van der Waals surface area contributed by atoms with Crippen molar-refractivity contribution in [1.29, 1.82) is 0 Å². The van der Waals surface area contributed by atoms with Crippen LogP contribution in [0.5, 0.6) is 17.2 Å². The summed E-state index contributed by atoms with van der Waals surface area (Å²) < 4.78 is 13.2. The Morgan fingerprint density at radius 1 is 1.24 bits per heavy atom. The molecule has 1 aliphatic rings. The Balaban J connectivity index is 1.35. The van der Waals surface area contributed by atoms with E-state index in [1.165, 1.54) is 4.57 Å². The number of nitrogens with zero attached hydrogens (tertiary/aromatic N) is 3. The number of para-hydroxylation sites is 1. The molecule has 1 aliphatic heterocycles. The summed E-state index contributed by atoms with van der Waals surface area (Å²) in [5.74, 6) is 2.10. The van der Waals surface area contributed by atoms with Gasteiger partial charge in [-0.3, -0.25) is 9.56 Å². The van der Waals surface area contributed by atoms with E-state index in [2.05, 4.69) is 38.6 Å². The molecule has 194 valence electrons. The summed E-state index contributed by atoms with van der Waals surface area (Å²) in [4.78, 5) is 32.7. The van der Waals surface area contributed by atoms with Gasteiger partial charge < -0.3 is 36.9 Å². The van der Waals surface area contributed by atoms with Crippen LogP contribution in [-0.4, -0.2) is 41.2 Å². The van der Waals surface area contributed by atoms with E-state index >= 15 is 0 Å². The summed E-state index contributed by atoms with van der Waals surface area (Å²) in [5, 5.41) is 8.72. The van der Waals surface area contributed by atoms with Crippen LogP contribution in [0.2, 0.25) is 0 Å². The fourth-order valence-corrected chi connectivity index (χ4v) is 4.10. The quantitative estimate of drug-likeness (QED) is 0.0838. The molecule has 2 heterocycles. The molecule has 0 bridgehead atoms. The van der Waals surface area contributed by atoms with Crippen molar-refractivity contribution >= 4 is 41.8 Å². The van der Waals surface area contributed by atoms with Crippen LogP contribution in [0.15, 0.2) is 52.4 Å². The molecule has 0 spiro atoms. The highest BCUT2D eigenvalue weighted by Crippen LogP contribution is 2.44. The Kier molecular flexibility index (Phi) is 8.03. The number of nitrogens with two attached hydrogens (primary N) is 2. The van der Waals surface area contributed by atoms with Crippen molar-refractivity contribution < 1.29 is 14.3 Å². The first-order valence-corrected chi connectivity index (χ1v) is 12.1. The third-order valence-corrected chi connectivity index (χ3v) is 5.82. The second-order valence-electron chi connectivity index (χ2n) is 8.08. The second-order valence-corrected chi connectivity index (χ2v) is 8.40. The molecule has 0 saturated carbocycles. The normalized spacial score (nSPS) is 11.3. The number of anilines is 3. The maximum Gasteiger partial charge on any atom is 0.349 e. The van der Waals surface area contributed by atoms with E-state index < -0.39 is 5.69 Å². The van der Waals surface area contributed by atoms with E-state index in [4.69, 9.17) is 20.9 Å². The lowest BCUT2D eigenvalue weighted by molar-refractivity contribution is 0.247. The van der Waals surface area contributed by atoms with Crippen molar-refractivity contribution in [3.8, 4) is 17.2 Å². The Hall–Kier alpha value is -4.39. The van der Waals surface area contributed by atoms with Gasteiger partial charge in [0, 0.05) is 18.0 Å². The lowest BCUT2D eigenvalue weighted by Gasteiger charge is -2.23. The highest BCUT2D eigenvalue weighted by molar-refractivity contribution is 7.79. The van der Waals surface area contributed by atoms with Crippen LogP contribution in [-0.2, 0) is 12.3 Å². The monoisotopic (exact) mass is 524 g/mol. The van der Waals surface area contributed by atoms with Crippen LogP contribution in [0.4, 0.5) is 22.0 Å². The van der Waals surface area contributed by atoms with Gasteiger partial charge >= 0.3 is 11.7 Å². The lowest BCUT2D eigenvalue weighted by Crippen LogP contribution is -2.32. The SMILES string of the molecule is Cc1cccc(NC(=O)NCCOc2cccc3c2Nc2nc(=O)n(CCN=C(N)N)cc2O3)c1CS. The molecule has 7 N–H and O–H groups in total. The first-order valence-electron chi connectivity index (χ1n) is 11.5. The minimum atomic E-state index is -0.479. The van der Waals surface area contributed by atoms with Gasteiger partial charge in [0.2, 0.25) is 0 Å². The fraction of sp³-hybridized carbons (Fsp3) is 0.250. The number of rotatable bonds is 9. The van der Waals surface area contributed by atoms with E-state index in [9.17, 15) is 9.59 Å². The zero-order chi connectivity index (χ0) is 26.4. The second kappa shape index (κ2) is 11.6. The number of thiol groups is 1. The fourth-order valence-electron chi connectivity index (χ4n) is 3.68. The number of carbonyl (C=O) groups is 1. The van der Waals surface area contributed by atoms with Gasteiger partial charge in [0.05, 0.1) is 19.3 Å². The van der Waals surface area contributed by atoms with Gasteiger partial charge in [-0.15, -0.1) is 0 Å². The molecule has 1 aromatic heterocycles. The Labute approximate surface area is 218 Å². The molecule has 0 fully saturated rings. The summed E-state index contributed by atoms with van der Waals surface area (Å²) in [6.07, 6.45) is 1.55. The van der Waals surface area contributed by atoms with Crippen LogP contribution in [0.3, 0.4) is 0 Å². The van der Waals surface area contributed by atoms with Crippen molar-refractivity contribution in [2.45, 2.75) is 19.2 Å². The summed E-state index contributed by atoms with van der Waals surface area (Å²) in [5.41, 5.74) is 13.4. The highest BCUT2D eigenvalue weighted by atomic mass is 32.1. The molecule has 0 atom stereocenters. The van der Waals surface area contributed by atoms with Gasteiger partial charge in [-0.1, -0.05) is 18.2 Å². The number of guanidine groups is 1. The number of benzene rings is 2. The smallest absolute Gasteiger partial charge is 0.349 e. The van der Waals surface area contributed by atoms with Gasteiger partial charge in [-0.05, 0) is 36.2 Å². The highest BCUT2D eigenvalue weighted by Gasteiger charge is 2.22. The lowest BCUT2D eigenvalue weighted by atomic mass is 10.1. The van der Waals surface area contributed by atoms with Crippen molar-refractivity contribution in [2.24, 2.45) is 16.5 Å². The minimum Gasteiger partial charge on any atom is -0.489 e. The standard InChI is InChI=1S/C24H28N8O4S/c1-14-4-2-5-16(15(14)13-37)29-23(33)28-9-11-35-17-6-3-7-18-20(17)30-21-19(36-18)12-32(24(34)31-21)10-8-27-22(25)26/h2-7,12,37H,8-11,13H2,1H3,(H4,25,26,27)(H2,28,29,33)(H,30,31,34). The number of nitrogens with one attached hydrogen (secondary N) is 3. The first-order chi connectivity index (χ1) is 17.9. The Bertz CT molecular complexity index is 1390. The van der Waals surface area contributed by atoms with Crippen LogP contribution < -0.4 is 42.6 Å². The molecule has 0 aliphatic carbocycles. The van der Waals surface area contributed by atoms with E-state index in [1.54, 1.807) is 24.4 Å². The number of fused-ring (bicyclic) bond motifs is 2. The maximum atomic E-state index is 12.4. The largest absolute Gasteiger partial charge is 0.489 e. The van der Waals surface area contributed by atoms with E-state index in [1.807, 2.05) is 25.1 Å². The first kappa shape index (κ1) is 25.7. The maximum absolute atomic E-state index is 12.4. The number of ether oxygens (including phenoxy) is 2. The summed E-state index contributed by atoms with van der Waals surface area (Å²) in [6, 6.07) is 10.6. The number of amides is 2. The molecule has 12 nitrogen and oxygen atoms in total. The van der Waals surface area contributed by atoms with Gasteiger partial charge in [0.1, 0.15) is 18.0 Å². The van der Waals surface area contributed by atoms with Gasteiger partial charge in [0.25, 0.3) is 0 Å². The molecule has 2 aromatic carbocycles. The van der Waals surface area contributed by atoms with Crippen molar-refractivity contribution in [2.75, 3.05) is 30.3 Å². The summed E-state index contributed by atoms with van der Waals surface area (Å²) in [7, 11) is 0.